The van der Waals surface area contributed by atoms with Crippen molar-refractivity contribution >= 4 is 29.1 Å². The number of piperidine rings is 2. The summed E-state index contributed by atoms with van der Waals surface area (Å²) < 4.78 is 0. The standard InChI is InChI=1S/C27H35Cl2N3O/c1-20-10-13-31(14-11-20)17-22-6-4-21(5-7-22)16-30-27(33)24-3-2-12-32(19-24)18-23-8-9-25(28)26(29)15-23/h4-9,15,20,24H,2-3,10-14,16-19H2,1H3,(H,30,33). The summed E-state index contributed by atoms with van der Waals surface area (Å²) in [6, 6.07) is 14.5. The molecule has 33 heavy (non-hydrogen) atoms. The van der Waals surface area contributed by atoms with E-state index in [0.29, 0.717) is 16.6 Å². The summed E-state index contributed by atoms with van der Waals surface area (Å²) in [5.74, 6) is 1.04. The molecule has 2 aromatic rings. The Morgan fingerprint density at radius 3 is 2.27 bits per heavy atom. The Hall–Kier alpha value is -1.59. The van der Waals surface area contributed by atoms with Gasteiger partial charge < -0.3 is 5.32 Å². The molecular weight excluding hydrogens is 453 g/mol. The van der Waals surface area contributed by atoms with Crippen molar-refractivity contribution in [1.82, 2.24) is 15.1 Å². The summed E-state index contributed by atoms with van der Waals surface area (Å²) in [4.78, 5) is 17.7. The molecule has 2 heterocycles. The van der Waals surface area contributed by atoms with Crippen LogP contribution in [0.4, 0.5) is 0 Å². The van der Waals surface area contributed by atoms with Crippen LogP contribution in [0.15, 0.2) is 42.5 Å². The van der Waals surface area contributed by atoms with Gasteiger partial charge in [-0.25, -0.2) is 0 Å². The first-order valence-corrected chi connectivity index (χ1v) is 13.0. The van der Waals surface area contributed by atoms with Crippen molar-refractivity contribution < 1.29 is 4.79 Å². The monoisotopic (exact) mass is 487 g/mol. The topological polar surface area (TPSA) is 35.6 Å². The SMILES string of the molecule is CC1CCN(Cc2ccc(CNC(=O)C3CCCN(Cc4ccc(Cl)c(Cl)c4)C3)cc2)CC1. The van der Waals surface area contributed by atoms with Crippen LogP contribution in [-0.2, 0) is 24.4 Å². The highest BCUT2D eigenvalue weighted by atomic mass is 35.5. The van der Waals surface area contributed by atoms with Crippen LogP contribution in [0.3, 0.4) is 0 Å². The molecule has 0 spiro atoms. The van der Waals surface area contributed by atoms with Crippen molar-refractivity contribution in [2.75, 3.05) is 26.2 Å². The summed E-state index contributed by atoms with van der Waals surface area (Å²) in [5, 5.41) is 4.32. The van der Waals surface area contributed by atoms with Gasteiger partial charge in [0.05, 0.1) is 16.0 Å². The fourth-order valence-corrected chi connectivity index (χ4v) is 5.20. The van der Waals surface area contributed by atoms with Gasteiger partial charge >= 0.3 is 0 Å². The van der Waals surface area contributed by atoms with E-state index < -0.39 is 0 Å². The van der Waals surface area contributed by atoms with Crippen LogP contribution in [0.25, 0.3) is 0 Å². The van der Waals surface area contributed by atoms with Gasteiger partial charge in [-0.15, -0.1) is 0 Å². The minimum Gasteiger partial charge on any atom is -0.352 e. The summed E-state index contributed by atoms with van der Waals surface area (Å²) in [5.41, 5.74) is 3.64. The molecule has 0 aliphatic carbocycles. The van der Waals surface area contributed by atoms with Crippen LogP contribution in [0.5, 0.6) is 0 Å². The van der Waals surface area contributed by atoms with Gasteiger partial charge in [0.1, 0.15) is 0 Å². The third-order valence-electron chi connectivity index (χ3n) is 7.04. The maximum Gasteiger partial charge on any atom is 0.224 e. The van der Waals surface area contributed by atoms with E-state index in [1.807, 2.05) is 18.2 Å². The molecule has 1 unspecified atom stereocenters. The Morgan fingerprint density at radius 2 is 1.55 bits per heavy atom. The van der Waals surface area contributed by atoms with E-state index in [4.69, 9.17) is 23.2 Å². The molecule has 2 aliphatic rings. The van der Waals surface area contributed by atoms with Gasteiger partial charge in [0.15, 0.2) is 0 Å². The normalized spacial score (nSPS) is 20.6. The third kappa shape index (κ3) is 7.19. The second-order valence-electron chi connectivity index (χ2n) is 9.82. The molecule has 1 N–H and O–H groups in total. The number of hydrogen-bond acceptors (Lipinski definition) is 3. The zero-order valence-corrected chi connectivity index (χ0v) is 21.0. The molecule has 4 rings (SSSR count). The highest BCUT2D eigenvalue weighted by molar-refractivity contribution is 6.42. The van der Waals surface area contributed by atoms with Crippen LogP contribution in [-0.4, -0.2) is 41.9 Å². The quantitative estimate of drug-likeness (QED) is 0.539. The van der Waals surface area contributed by atoms with E-state index in [-0.39, 0.29) is 11.8 Å². The number of likely N-dealkylation sites (tertiary alicyclic amines) is 2. The zero-order valence-electron chi connectivity index (χ0n) is 19.5. The molecule has 0 radical (unpaired) electrons. The molecular formula is C27H35Cl2N3O. The van der Waals surface area contributed by atoms with Gasteiger partial charge in [-0.05, 0) is 80.1 Å². The summed E-state index contributed by atoms with van der Waals surface area (Å²) in [6.07, 6.45) is 4.58. The molecule has 4 nitrogen and oxygen atoms in total. The molecule has 0 aromatic heterocycles. The number of hydrogen-bond donors (Lipinski definition) is 1. The maximum absolute atomic E-state index is 12.8. The average Bonchev–Trinajstić information content (AvgIpc) is 2.82. The van der Waals surface area contributed by atoms with Crippen LogP contribution < -0.4 is 5.32 Å². The van der Waals surface area contributed by atoms with Crippen molar-refractivity contribution in [3.63, 3.8) is 0 Å². The van der Waals surface area contributed by atoms with Crippen molar-refractivity contribution in [2.45, 2.75) is 52.2 Å². The lowest BCUT2D eigenvalue weighted by atomic mass is 9.96. The summed E-state index contributed by atoms with van der Waals surface area (Å²) in [7, 11) is 0. The lowest BCUT2D eigenvalue weighted by molar-refractivity contribution is -0.126. The van der Waals surface area contributed by atoms with E-state index in [1.54, 1.807) is 0 Å². The number of benzene rings is 2. The Kier molecular flexibility index (Phi) is 8.70. The second kappa shape index (κ2) is 11.7. The maximum atomic E-state index is 12.8. The van der Waals surface area contributed by atoms with Gasteiger partial charge in [-0.2, -0.15) is 0 Å². The lowest BCUT2D eigenvalue weighted by Gasteiger charge is -2.32. The van der Waals surface area contributed by atoms with E-state index >= 15 is 0 Å². The molecule has 2 aliphatic heterocycles. The van der Waals surface area contributed by atoms with E-state index in [2.05, 4.69) is 46.3 Å². The van der Waals surface area contributed by atoms with Gasteiger partial charge in [0, 0.05) is 26.2 Å². The fourth-order valence-electron chi connectivity index (χ4n) is 4.88. The zero-order chi connectivity index (χ0) is 23.2. The number of halogens is 2. The predicted molar refractivity (Wildman–Crippen MR) is 136 cm³/mol. The Morgan fingerprint density at radius 1 is 0.879 bits per heavy atom. The number of carbonyl (C=O) groups is 1. The molecule has 178 valence electrons. The lowest BCUT2D eigenvalue weighted by Crippen LogP contribution is -2.42. The van der Waals surface area contributed by atoms with Crippen LogP contribution in [0.1, 0.15) is 49.3 Å². The van der Waals surface area contributed by atoms with E-state index in [1.165, 1.54) is 31.5 Å². The Labute approximate surface area is 208 Å². The molecule has 2 fully saturated rings. The number of rotatable bonds is 7. The van der Waals surface area contributed by atoms with Gasteiger partial charge in [0.2, 0.25) is 5.91 Å². The Bertz CT molecular complexity index is 925. The summed E-state index contributed by atoms with van der Waals surface area (Å²) in [6.45, 7) is 8.92. The van der Waals surface area contributed by atoms with E-state index in [0.717, 1.165) is 56.1 Å². The molecule has 1 amide bonds. The third-order valence-corrected chi connectivity index (χ3v) is 7.78. The second-order valence-corrected chi connectivity index (χ2v) is 10.6. The predicted octanol–water partition coefficient (Wildman–Crippen LogP) is 5.75. The largest absolute Gasteiger partial charge is 0.352 e. The number of amides is 1. The van der Waals surface area contributed by atoms with Crippen molar-refractivity contribution in [2.24, 2.45) is 11.8 Å². The first-order valence-electron chi connectivity index (χ1n) is 12.2. The van der Waals surface area contributed by atoms with Gasteiger partial charge in [0.25, 0.3) is 0 Å². The smallest absolute Gasteiger partial charge is 0.224 e. The summed E-state index contributed by atoms with van der Waals surface area (Å²) >= 11 is 12.2. The van der Waals surface area contributed by atoms with Crippen LogP contribution in [0, 0.1) is 11.8 Å². The molecule has 6 heteroatoms. The average molecular weight is 489 g/mol. The highest BCUT2D eigenvalue weighted by Gasteiger charge is 2.25. The van der Waals surface area contributed by atoms with Crippen LogP contribution >= 0.6 is 23.2 Å². The van der Waals surface area contributed by atoms with Gasteiger partial charge in [-0.3, -0.25) is 14.6 Å². The minimum atomic E-state index is 0.0299. The minimum absolute atomic E-state index is 0.0299. The van der Waals surface area contributed by atoms with E-state index in [9.17, 15) is 4.79 Å². The molecule has 0 saturated carbocycles. The first-order chi connectivity index (χ1) is 16.0. The molecule has 0 bridgehead atoms. The van der Waals surface area contributed by atoms with Crippen LogP contribution in [0.2, 0.25) is 10.0 Å². The van der Waals surface area contributed by atoms with Crippen molar-refractivity contribution in [3.8, 4) is 0 Å². The molecule has 1 atom stereocenters. The molecule has 2 saturated heterocycles. The van der Waals surface area contributed by atoms with Gasteiger partial charge in [-0.1, -0.05) is 60.5 Å². The highest BCUT2D eigenvalue weighted by Crippen LogP contribution is 2.25. The Balaban J connectivity index is 1.23. The first kappa shape index (κ1) is 24.5. The fraction of sp³-hybridized carbons (Fsp3) is 0.519. The number of nitrogens with zero attached hydrogens (tertiary/aromatic N) is 2. The number of carbonyl (C=O) groups excluding carboxylic acids is 1. The van der Waals surface area contributed by atoms with Crippen molar-refractivity contribution in [1.29, 1.82) is 0 Å². The van der Waals surface area contributed by atoms with Crippen molar-refractivity contribution in [3.05, 3.63) is 69.2 Å². The number of nitrogens with one attached hydrogen (secondary N) is 1. The molecule has 2 aromatic carbocycles.